The van der Waals surface area contributed by atoms with Gasteiger partial charge in [-0.1, -0.05) is 12.1 Å². The molecule has 1 saturated heterocycles. The number of hydrogen-bond acceptors (Lipinski definition) is 4. The van der Waals surface area contributed by atoms with E-state index in [1.54, 1.807) is 7.11 Å². The number of methoxy groups -OCH3 is 1. The highest BCUT2D eigenvalue weighted by atomic mass is 16.5. The molecule has 2 heterocycles. The van der Waals surface area contributed by atoms with Gasteiger partial charge in [-0.25, -0.2) is 0 Å². The summed E-state index contributed by atoms with van der Waals surface area (Å²) in [6, 6.07) is 9.41. The lowest BCUT2D eigenvalue weighted by Crippen LogP contribution is -2.38. The van der Waals surface area contributed by atoms with Gasteiger partial charge in [-0.3, -0.25) is 4.79 Å². The molecule has 5 nitrogen and oxygen atoms in total. The SMILES string of the molecule is COc1ccc(-c2cc(CC(=O)N3CCC(C)CC3)no2)cc1. The van der Waals surface area contributed by atoms with Crippen molar-refractivity contribution >= 4 is 5.91 Å². The first kappa shape index (κ1) is 15.6. The normalized spacial score (nSPS) is 15.7. The zero-order valence-corrected chi connectivity index (χ0v) is 13.6. The van der Waals surface area contributed by atoms with E-state index in [2.05, 4.69) is 12.1 Å². The average molecular weight is 314 g/mol. The Labute approximate surface area is 136 Å². The first-order valence-corrected chi connectivity index (χ1v) is 8.03. The fourth-order valence-electron chi connectivity index (χ4n) is 2.81. The van der Waals surface area contributed by atoms with Crippen LogP contribution >= 0.6 is 0 Å². The molecule has 0 unspecified atom stereocenters. The summed E-state index contributed by atoms with van der Waals surface area (Å²) in [4.78, 5) is 14.3. The maximum absolute atomic E-state index is 12.3. The van der Waals surface area contributed by atoms with Gasteiger partial charge in [-0.2, -0.15) is 0 Å². The van der Waals surface area contributed by atoms with Crippen molar-refractivity contribution < 1.29 is 14.1 Å². The monoisotopic (exact) mass is 314 g/mol. The molecule has 1 aliphatic heterocycles. The van der Waals surface area contributed by atoms with Gasteiger partial charge in [0.25, 0.3) is 0 Å². The van der Waals surface area contributed by atoms with E-state index in [-0.39, 0.29) is 5.91 Å². The van der Waals surface area contributed by atoms with Gasteiger partial charge in [0, 0.05) is 24.7 Å². The van der Waals surface area contributed by atoms with E-state index in [1.165, 1.54) is 0 Å². The number of nitrogens with zero attached hydrogens (tertiary/aromatic N) is 2. The highest BCUT2D eigenvalue weighted by molar-refractivity contribution is 5.78. The number of ether oxygens (including phenoxy) is 1. The van der Waals surface area contributed by atoms with Gasteiger partial charge in [0.2, 0.25) is 5.91 Å². The Morgan fingerprint density at radius 3 is 2.65 bits per heavy atom. The molecule has 122 valence electrons. The second-order valence-electron chi connectivity index (χ2n) is 6.15. The Balaban J connectivity index is 1.63. The number of rotatable bonds is 4. The third kappa shape index (κ3) is 3.73. The van der Waals surface area contributed by atoms with Crippen LogP contribution in [0.1, 0.15) is 25.5 Å². The van der Waals surface area contributed by atoms with Crippen LogP contribution < -0.4 is 4.74 Å². The molecule has 0 saturated carbocycles. The minimum absolute atomic E-state index is 0.131. The zero-order chi connectivity index (χ0) is 16.2. The Morgan fingerprint density at radius 1 is 1.30 bits per heavy atom. The van der Waals surface area contributed by atoms with Crippen LogP contribution in [0.25, 0.3) is 11.3 Å². The number of likely N-dealkylation sites (tertiary alicyclic amines) is 1. The Bertz CT molecular complexity index is 655. The van der Waals surface area contributed by atoms with E-state index in [0.717, 1.165) is 37.2 Å². The maximum Gasteiger partial charge on any atom is 0.228 e. The van der Waals surface area contributed by atoms with E-state index in [9.17, 15) is 4.79 Å². The van der Waals surface area contributed by atoms with Gasteiger partial charge in [0.05, 0.1) is 19.2 Å². The lowest BCUT2D eigenvalue weighted by molar-refractivity contribution is -0.131. The van der Waals surface area contributed by atoms with Gasteiger partial charge >= 0.3 is 0 Å². The van der Waals surface area contributed by atoms with E-state index >= 15 is 0 Å². The molecule has 1 aromatic heterocycles. The minimum Gasteiger partial charge on any atom is -0.497 e. The summed E-state index contributed by atoms with van der Waals surface area (Å²) < 4.78 is 10.5. The van der Waals surface area contributed by atoms with Gasteiger partial charge in [-0.15, -0.1) is 0 Å². The molecule has 3 rings (SSSR count). The quantitative estimate of drug-likeness (QED) is 0.870. The third-order valence-corrected chi connectivity index (χ3v) is 4.40. The van der Waals surface area contributed by atoms with Crippen molar-refractivity contribution in [3.63, 3.8) is 0 Å². The number of carbonyl (C=O) groups excluding carboxylic acids is 1. The zero-order valence-electron chi connectivity index (χ0n) is 13.6. The number of aromatic nitrogens is 1. The largest absolute Gasteiger partial charge is 0.497 e. The van der Waals surface area contributed by atoms with E-state index in [0.29, 0.717) is 23.8 Å². The summed E-state index contributed by atoms with van der Waals surface area (Å²) in [6.07, 6.45) is 2.47. The summed E-state index contributed by atoms with van der Waals surface area (Å²) >= 11 is 0. The van der Waals surface area contributed by atoms with E-state index in [4.69, 9.17) is 9.26 Å². The highest BCUT2D eigenvalue weighted by Gasteiger charge is 2.21. The minimum atomic E-state index is 0.131. The van der Waals surface area contributed by atoms with Crippen molar-refractivity contribution in [3.8, 4) is 17.1 Å². The summed E-state index contributed by atoms with van der Waals surface area (Å²) in [7, 11) is 1.63. The van der Waals surface area contributed by atoms with Crippen LogP contribution in [-0.4, -0.2) is 36.2 Å². The molecular weight excluding hydrogens is 292 g/mol. The predicted molar refractivity (Wildman–Crippen MR) is 87.2 cm³/mol. The molecule has 23 heavy (non-hydrogen) atoms. The molecule has 0 atom stereocenters. The van der Waals surface area contributed by atoms with Gasteiger partial charge in [-0.05, 0) is 43.0 Å². The standard InChI is InChI=1S/C18H22N2O3/c1-13-7-9-20(10-8-13)18(21)12-15-11-17(23-19-15)14-3-5-16(22-2)6-4-14/h3-6,11,13H,7-10,12H2,1-2H3. The predicted octanol–water partition coefficient (Wildman–Crippen LogP) is 3.15. The van der Waals surface area contributed by atoms with Crippen LogP contribution in [0.3, 0.4) is 0 Å². The van der Waals surface area contributed by atoms with Crippen molar-refractivity contribution in [2.75, 3.05) is 20.2 Å². The van der Waals surface area contributed by atoms with Crippen molar-refractivity contribution in [1.82, 2.24) is 10.1 Å². The lowest BCUT2D eigenvalue weighted by atomic mass is 9.99. The third-order valence-electron chi connectivity index (χ3n) is 4.40. The smallest absolute Gasteiger partial charge is 0.228 e. The second kappa shape index (κ2) is 6.86. The maximum atomic E-state index is 12.3. The summed E-state index contributed by atoms with van der Waals surface area (Å²) in [5, 5.41) is 4.03. The molecule has 5 heteroatoms. The van der Waals surface area contributed by atoms with Gasteiger partial charge < -0.3 is 14.2 Å². The Morgan fingerprint density at radius 2 is 2.00 bits per heavy atom. The highest BCUT2D eigenvalue weighted by Crippen LogP contribution is 2.24. The first-order valence-electron chi connectivity index (χ1n) is 8.03. The molecule has 2 aromatic rings. The van der Waals surface area contributed by atoms with Gasteiger partial charge in [0.15, 0.2) is 5.76 Å². The number of carbonyl (C=O) groups is 1. The summed E-state index contributed by atoms with van der Waals surface area (Å²) in [6.45, 7) is 3.94. The Hall–Kier alpha value is -2.30. The average Bonchev–Trinajstić information content (AvgIpc) is 3.04. The molecule has 1 aliphatic rings. The van der Waals surface area contributed by atoms with E-state index < -0.39 is 0 Å². The molecule has 0 bridgehead atoms. The van der Waals surface area contributed by atoms with E-state index in [1.807, 2.05) is 35.2 Å². The second-order valence-corrected chi connectivity index (χ2v) is 6.15. The van der Waals surface area contributed by atoms with Crippen LogP contribution in [0.15, 0.2) is 34.9 Å². The lowest BCUT2D eigenvalue weighted by Gasteiger charge is -2.30. The van der Waals surface area contributed by atoms with Crippen molar-refractivity contribution in [2.45, 2.75) is 26.2 Å². The Kier molecular flexibility index (Phi) is 4.65. The molecule has 1 amide bonds. The van der Waals surface area contributed by atoms with Crippen molar-refractivity contribution in [1.29, 1.82) is 0 Å². The van der Waals surface area contributed by atoms with Crippen LogP contribution in [0.5, 0.6) is 5.75 Å². The number of hydrogen-bond donors (Lipinski definition) is 0. The molecule has 0 aliphatic carbocycles. The van der Waals surface area contributed by atoms with Crippen molar-refractivity contribution in [3.05, 3.63) is 36.0 Å². The fraction of sp³-hybridized carbons (Fsp3) is 0.444. The number of amides is 1. The molecule has 1 aromatic carbocycles. The molecule has 0 spiro atoms. The molecule has 1 fully saturated rings. The molecule has 0 radical (unpaired) electrons. The number of piperidine rings is 1. The fourth-order valence-corrected chi connectivity index (χ4v) is 2.81. The number of benzene rings is 1. The first-order chi connectivity index (χ1) is 11.2. The van der Waals surface area contributed by atoms with Gasteiger partial charge in [0.1, 0.15) is 5.75 Å². The molecular formula is C18H22N2O3. The summed E-state index contributed by atoms with van der Waals surface area (Å²) in [5.41, 5.74) is 1.60. The topological polar surface area (TPSA) is 55.6 Å². The summed E-state index contributed by atoms with van der Waals surface area (Å²) in [5.74, 6) is 2.31. The van der Waals surface area contributed by atoms with Crippen LogP contribution in [-0.2, 0) is 11.2 Å². The van der Waals surface area contributed by atoms with Crippen LogP contribution in [0.4, 0.5) is 0 Å². The van der Waals surface area contributed by atoms with Crippen LogP contribution in [0, 0.1) is 5.92 Å². The van der Waals surface area contributed by atoms with Crippen LogP contribution in [0.2, 0.25) is 0 Å². The molecule has 0 N–H and O–H groups in total. The van der Waals surface area contributed by atoms with Crippen molar-refractivity contribution in [2.24, 2.45) is 5.92 Å².